The van der Waals surface area contributed by atoms with Crippen molar-refractivity contribution in [3.63, 3.8) is 0 Å². The molecule has 3 nitrogen and oxygen atoms in total. The minimum atomic E-state index is -0.359. The Bertz CT molecular complexity index is 108. The van der Waals surface area contributed by atoms with Gasteiger partial charge in [0, 0.05) is 6.08 Å². The molecular weight excluding hydrogens is 142 g/mol. The molecule has 66 valence electrons. The van der Waals surface area contributed by atoms with Crippen LogP contribution in [0.15, 0.2) is 12.7 Å². The number of nitrogens with two attached hydrogens (primary N) is 1. The molecular formula is C8H17NO2. The lowest BCUT2D eigenvalue weighted by molar-refractivity contribution is -0.137. The molecule has 0 aliphatic heterocycles. The molecule has 0 unspecified atom stereocenters. The Hall–Kier alpha value is -0.830. The molecule has 0 fully saturated rings. The molecule has 0 heterocycles. The van der Waals surface area contributed by atoms with E-state index in [2.05, 4.69) is 11.3 Å². The van der Waals surface area contributed by atoms with Gasteiger partial charge in [0.1, 0.15) is 0 Å². The minimum Gasteiger partial charge on any atom is -0.463 e. The van der Waals surface area contributed by atoms with Gasteiger partial charge in [0.15, 0.2) is 0 Å². The van der Waals surface area contributed by atoms with E-state index in [1.807, 2.05) is 13.8 Å². The highest BCUT2D eigenvalue weighted by atomic mass is 16.5. The van der Waals surface area contributed by atoms with E-state index in [1.54, 1.807) is 6.92 Å². The predicted molar refractivity (Wildman–Crippen MR) is 46.2 cm³/mol. The summed E-state index contributed by atoms with van der Waals surface area (Å²) >= 11 is 0. The number of carbonyl (C=O) groups is 1. The first-order chi connectivity index (χ1) is 5.04. The van der Waals surface area contributed by atoms with Crippen LogP contribution in [0.3, 0.4) is 0 Å². The van der Waals surface area contributed by atoms with Crippen LogP contribution in [0.4, 0.5) is 0 Å². The second-order valence-electron chi connectivity index (χ2n) is 2.20. The zero-order valence-electron chi connectivity index (χ0n) is 7.46. The maximum absolute atomic E-state index is 10.1. The average Bonchev–Trinajstić information content (AvgIpc) is 1.87. The van der Waals surface area contributed by atoms with Crippen molar-refractivity contribution in [3.8, 4) is 0 Å². The molecule has 2 N–H and O–H groups in total. The molecule has 0 bridgehead atoms. The summed E-state index contributed by atoms with van der Waals surface area (Å²) in [6.45, 7) is 9.27. The maximum atomic E-state index is 10.1. The first-order valence-corrected chi connectivity index (χ1v) is 3.59. The first kappa shape index (κ1) is 12.8. The quantitative estimate of drug-likeness (QED) is 0.484. The Morgan fingerprint density at radius 3 is 2.18 bits per heavy atom. The number of ether oxygens (including phenoxy) is 1. The van der Waals surface area contributed by atoms with Gasteiger partial charge in [-0.3, -0.25) is 0 Å². The van der Waals surface area contributed by atoms with E-state index < -0.39 is 0 Å². The predicted octanol–water partition coefficient (Wildman–Crippen LogP) is 1.09. The minimum absolute atomic E-state index is 0.333. The summed E-state index contributed by atoms with van der Waals surface area (Å²) in [5.41, 5.74) is 5.11. The number of rotatable bonds is 2. The van der Waals surface area contributed by atoms with Gasteiger partial charge in [-0.2, -0.15) is 0 Å². The fraction of sp³-hybridized carbons (Fsp3) is 0.625. The van der Waals surface area contributed by atoms with E-state index in [0.717, 1.165) is 6.08 Å². The largest absolute Gasteiger partial charge is 0.463 e. The SMILES string of the molecule is C=CC(=O)OCC.CC(C)N. The van der Waals surface area contributed by atoms with E-state index in [0.29, 0.717) is 12.6 Å². The third-order valence-electron chi connectivity index (χ3n) is 0.453. The third-order valence-corrected chi connectivity index (χ3v) is 0.453. The smallest absolute Gasteiger partial charge is 0.330 e. The zero-order valence-corrected chi connectivity index (χ0v) is 7.46. The van der Waals surface area contributed by atoms with Gasteiger partial charge >= 0.3 is 5.97 Å². The van der Waals surface area contributed by atoms with Crippen LogP contribution in [0.2, 0.25) is 0 Å². The normalized spacial score (nSPS) is 8.09. The fourth-order valence-corrected chi connectivity index (χ4v) is 0.201. The van der Waals surface area contributed by atoms with Gasteiger partial charge in [0.05, 0.1) is 6.61 Å². The van der Waals surface area contributed by atoms with Crippen LogP contribution in [0.1, 0.15) is 20.8 Å². The van der Waals surface area contributed by atoms with Gasteiger partial charge < -0.3 is 10.5 Å². The summed E-state index contributed by atoms with van der Waals surface area (Å²) in [6, 6.07) is 0.333. The lowest BCUT2D eigenvalue weighted by atomic mass is 10.5. The molecule has 0 rings (SSSR count). The van der Waals surface area contributed by atoms with Crippen molar-refractivity contribution in [2.45, 2.75) is 26.8 Å². The van der Waals surface area contributed by atoms with Crippen LogP contribution < -0.4 is 5.73 Å². The van der Waals surface area contributed by atoms with Crippen molar-refractivity contribution < 1.29 is 9.53 Å². The molecule has 0 atom stereocenters. The highest BCUT2D eigenvalue weighted by molar-refractivity contribution is 5.81. The van der Waals surface area contributed by atoms with Gasteiger partial charge in [0.2, 0.25) is 0 Å². The van der Waals surface area contributed by atoms with Crippen molar-refractivity contribution in [1.29, 1.82) is 0 Å². The van der Waals surface area contributed by atoms with Gasteiger partial charge in [0.25, 0.3) is 0 Å². The molecule has 3 heteroatoms. The summed E-state index contributed by atoms with van der Waals surface area (Å²) in [7, 11) is 0. The van der Waals surface area contributed by atoms with Gasteiger partial charge in [-0.05, 0) is 13.0 Å². The molecule has 11 heavy (non-hydrogen) atoms. The van der Waals surface area contributed by atoms with E-state index in [9.17, 15) is 4.79 Å². The summed E-state index contributed by atoms with van der Waals surface area (Å²) in [4.78, 5) is 10.1. The first-order valence-electron chi connectivity index (χ1n) is 3.59. The standard InChI is InChI=1S/C5H8O2.C3H9N/c1-3-5(6)7-4-2;1-3(2)4/h3H,1,4H2,2H3;3H,4H2,1-2H3. The van der Waals surface area contributed by atoms with Crippen LogP contribution in [0.5, 0.6) is 0 Å². The fourth-order valence-electron chi connectivity index (χ4n) is 0.201. The van der Waals surface area contributed by atoms with Crippen LogP contribution in [0, 0.1) is 0 Å². The number of hydrogen-bond donors (Lipinski definition) is 1. The third kappa shape index (κ3) is 27.1. The topological polar surface area (TPSA) is 52.3 Å². The van der Waals surface area contributed by atoms with Crippen molar-refractivity contribution in [3.05, 3.63) is 12.7 Å². The van der Waals surface area contributed by atoms with Gasteiger partial charge in [-0.25, -0.2) is 4.79 Å². The molecule has 0 aromatic carbocycles. The highest BCUT2D eigenvalue weighted by Gasteiger charge is 1.86. The van der Waals surface area contributed by atoms with Crippen molar-refractivity contribution >= 4 is 5.97 Å². The second-order valence-corrected chi connectivity index (χ2v) is 2.20. The van der Waals surface area contributed by atoms with Crippen LogP contribution in [0.25, 0.3) is 0 Å². The van der Waals surface area contributed by atoms with Crippen LogP contribution in [-0.2, 0) is 9.53 Å². The van der Waals surface area contributed by atoms with Crippen molar-refractivity contribution in [1.82, 2.24) is 0 Å². The molecule has 0 aliphatic carbocycles. The van der Waals surface area contributed by atoms with Crippen LogP contribution in [-0.4, -0.2) is 18.6 Å². The zero-order chi connectivity index (χ0) is 9.28. The van der Waals surface area contributed by atoms with Crippen molar-refractivity contribution in [2.24, 2.45) is 5.73 Å². The monoisotopic (exact) mass is 159 g/mol. The average molecular weight is 159 g/mol. The van der Waals surface area contributed by atoms with E-state index >= 15 is 0 Å². The van der Waals surface area contributed by atoms with E-state index in [4.69, 9.17) is 5.73 Å². The molecule has 0 saturated carbocycles. The maximum Gasteiger partial charge on any atom is 0.330 e. The van der Waals surface area contributed by atoms with Crippen molar-refractivity contribution in [2.75, 3.05) is 6.61 Å². The molecule has 0 aliphatic rings. The number of carbonyl (C=O) groups excluding carboxylic acids is 1. The summed E-state index contributed by atoms with van der Waals surface area (Å²) in [5.74, 6) is -0.359. The second kappa shape index (κ2) is 9.17. The van der Waals surface area contributed by atoms with E-state index in [1.165, 1.54) is 0 Å². The molecule has 0 amide bonds. The molecule has 0 radical (unpaired) electrons. The Labute approximate surface area is 68.2 Å². The van der Waals surface area contributed by atoms with Crippen LogP contribution >= 0.6 is 0 Å². The van der Waals surface area contributed by atoms with Gasteiger partial charge in [-0.15, -0.1) is 0 Å². The summed E-state index contributed by atoms with van der Waals surface area (Å²) < 4.78 is 4.43. The lowest BCUT2D eigenvalue weighted by Gasteiger charge is -1.90. The number of hydrogen-bond acceptors (Lipinski definition) is 3. The van der Waals surface area contributed by atoms with E-state index in [-0.39, 0.29) is 5.97 Å². The highest BCUT2D eigenvalue weighted by Crippen LogP contribution is 1.74. The Morgan fingerprint density at radius 2 is 2.09 bits per heavy atom. The Kier molecular flexibility index (Phi) is 10.7. The summed E-state index contributed by atoms with van der Waals surface area (Å²) in [6.07, 6.45) is 1.14. The molecule has 0 aromatic rings. The van der Waals surface area contributed by atoms with Gasteiger partial charge in [-0.1, -0.05) is 20.4 Å². The number of esters is 1. The Balaban J connectivity index is 0. The molecule has 0 spiro atoms. The Morgan fingerprint density at radius 1 is 1.73 bits per heavy atom. The molecule has 0 saturated heterocycles. The summed E-state index contributed by atoms with van der Waals surface area (Å²) in [5, 5.41) is 0. The lowest BCUT2D eigenvalue weighted by Crippen LogP contribution is -2.06. The molecule has 0 aromatic heterocycles.